The maximum absolute atomic E-state index is 10.6. The van der Waals surface area contributed by atoms with Gasteiger partial charge >= 0.3 is 41.8 Å². The van der Waals surface area contributed by atoms with Crippen molar-refractivity contribution < 1.29 is 69.3 Å². The third kappa shape index (κ3) is 14.1. The zero-order valence-corrected chi connectivity index (χ0v) is 14.8. The van der Waals surface area contributed by atoms with E-state index in [1.807, 2.05) is 0 Å². The number of carboxylic acids is 7. The van der Waals surface area contributed by atoms with E-state index >= 15 is 0 Å². The van der Waals surface area contributed by atoms with Crippen molar-refractivity contribution in [1.29, 1.82) is 0 Å². The molecule has 0 rings (SSSR count). The van der Waals surface area contributed by atoms with Crippen molar-refractivity contribution >= 4 is 41.8 Å². The summed E-state index contributed by atoms with van der Waals surface area (Å²) in [6, 6.07) is 0. The lowest BCUT2D eigenvalue weighted by molar-refractivity contribution is -0.160. The van der Waals surface area contributed by atoms with Crippen LogP contribution >= 0.6 is 0 Å². The van der Waals surface area contributed by atoms with Crippen LogP contribution in [0.4, 0.5) is 0 Å². The Hall–Kier alpha value is -3.71. The van der Waals surface area contributed by atoms with E-state index in [2.05, 4.69) is 0 Å². The Labute approximate surface area is 162 Å². The molecule has 0 bridgehead atoms. The van der Waals surface area contributed by atoms with E-state index in [0.29, 0.717) is 0 Å². The first-order valence-corrected chi connectivity index (χ1v) is 7.74. The standard InChI is InChI=1S/C8H10O8.C7H10O6/c9-5(10)1-3(7(13)14)4(8(15)16)2-6(11)12;8-5(9)2-1-4(7(12)13)3-6(10)11/h3-4H,1-2H2,(H,9,10)(H,11,12)(H,13,14)(H,15,16);4H,1-3H2,(H,8,9)(H,10,11)(H,12,13). The Morgan fingerprint density at radius 1 is 0.483 bits per heavy atom. The maximum atomic E-state index is 10.6. The van der Waals surface area contributed by atoms with Crippen molar-refractivity contribution in [3.05, 3.63) is 0 Å². The average molecular weight is 424 g/mol. The van der Waals surface area contributed by atoms with Crippen LogP contribution in [0.3, 0.4) is 0 Å². The highest BCUT2D eigenvalue weighted by atomic mass is 16.4. The van der Waals surface area contributed by atoms with Crippen molar-refractivity contribution in [2.24, 2.45) is 17.8 Å². The molecule has 14 heteroatoms. The molecule has 0 aliphatic carbocycles. The topological polar surface area (TPSA) is 261 Å². The molecule has 0 radical (unpaired) electrons. The van der Waals surface area contributed by atoms with E-state index in [1.165, 1.54) is 0 Å². The van der Waals surface area contributed by atoms with Gasteiger partial charge in [-0.3, -0.25) is 33.6 Å². The second kappa shape index (κ2) is 13.5. The minimum absolute atomic E-state index is 0.156. The quantitative estimate of drug-likeness (QED) is 0.194. The predicted molar refractivity (Wildman–Crippen MR) is 87.0 cm³/mol. The predicted octanol–water partition coefficient (Wildman–Crippen LogP) is -0.636. The van der Waals surface area contributed by atoms with Crippen LogP contribution in [-0.4, -0.2) is 77.5 Å². The van der Waals surface area contributed by atoms with Crippen molar-refractivity contribution in [3.8, 4) is 0 Å². The van der Waals surface area contributed by atoms with Crippen LogP contribution in [0.2, 0.25) is 0 Å². The Morgan fingerprint density at radius 2 is 0.828 bits per heavy atom. The second-order valence-corrected chi connectivity index (χ2v) is 5.65. The Kier molecular flexibility index (Phi) is 12.8. The van der Waals surface area contributed by atoms with E-state index < -0.39 is 78.8 Å². The Bertz CT molecular complexity index is 619. The van der Waals surface area contributed by atoms with Crippen LogP contribution in [-0.2, 0) is 33.6 Å². The molecule has 0 aromatic rings. The van der Waals surface area contributed by atoms with Gasteiger partial charge in [0.2, 0.25) is 0 Å². The molecular weight excluding hydrogens is 404 g/mol. The van der Waals surface area contributed by atoms with E-state index in [-0.39, 0.29) is 12.8 Å². The highest BCUT2D eigenvalue weighted by Crippen LogP contribution is 2.21. The molecule has 0 heterocycles. The number of aliphatic carboxylic acids is 7. The van der Waals surface area contributed by atoms with Gasteiger partial charge in [0.05, 0.1) is 37.0 Å². The zero-order valence-electron chi connectivity index (χ0n) is 14.8. The van der Waals surface area contributed by atoms with Gasteiger partial charge in [-0.25, -0.2) is 0 Å². The van der Waals surface area contributed by atoms with Crippen LogP contribution < -0.4 is 0 Å². The zero-order chi connectivity index (χ0) is 23.3. The summed E-state index contributed by atoms with van der Waals surface area (Å²) in [4.78, 5) is 72.5. The number of carboxylic acid groups (broad SMARTS) is 7. The molecule has 3 unspecified atom stereocenters. The molecule has 0 aliphatic rings. The molecule has 7 N–H and O–H groups in total. The van der Waals surface area contributed by atoms with E-state index in [1.54, 1.807) is 0 Å². The molecule has 29 heavy (non-hydrogen) atoms. The van der Waals surface area contributed by atoms with Gasteiger partial charge in [-0.05, 0) is 6.42 Å². The number of hydrogen-bond donors (Lipinski definition) is 7. The fourth-order valence-corrected chi connectivity index (χ4v) is 2.00. The lowest BCUT2D eigenvalue weighted by atomic mass is 9.87. The van der Waals surface area contributed by atoms with Gasteiger partial charge in [0, 0.05) is 6.42 Å². The summed E-state index contributed by atoms with van der Waals surface area (Å²) in [5.74, 6) is -14.6. The Morgan fingerprint density at radius 3 is 1.03 bits per heavy atom. The average Bonchev–Trinajstić information content (AvgIpc) is 2.53. The van der Waals surface area contributed by atoms with Crippen LogP contribution in [0, 0.1) is 17.8 Å². The smallest absolute Gasteiger partial charge is 0.307 e. The highest BCUT2D eigenvalue weighted by Gasteiger charge is 2.37. The molecule has 0 saturated heterocycles. The minimum atomic E-state index is -1.76. The summed E-state index contributed by atoms with van der Waals surface area (Å²) in [6.45, 7) is 0. The Balaban J connectivity index is 0. The van der Waals surface area contributed by atoms with Gasteiger partial charge in [0.1, 0.15) is 0 Å². The molecule has 0 aromatic carbocycles. The SMILES string of the molecule is O=C(O)CC(C(=O)O)C(CC(=O)O)C(=O)O.O=C(O)CCC(CC(=O)O)C(=O)O. The van der Waals surface area contributed by atoms with E-state index in [9.17, 15) is 33.6 Å². The second-order valence-electron chi connectivity index (χ2n) is 5.65. The summed E-state index contributed by atoms with van der Waals surface area (Å²) in [5, 5.41) is 59.1. The molecule has 0 aliphatic heterocycles. The maximum Gasteiger partial charge on any atom is 0.307 e. The highest BCUT2D eigenvalue weighted by molar-refractivity contribution is 5.86. The molecule has 0 spiro atoms. The van der Waals surface area contributed by atoms with Gasteiger partial charge in [-0.1, -0.05) is 0 Å². The van der Waals surface area contributed by atoms with Crippen molar-refractivity contribution in [2.45, 2.75) is 32.1 Å². The third-order valence-corrected chi connectivity index (χ3v) is 3.39. The number of hydrogen-bond acceptors (Lipinski definition) is 7. The normalized spacial score (nSPS) is 13.0. The molecule has 14 nitrogen and oxygen atoms in total. The van der Waals surface area contributed by atoms with Crippen molar-refractivity contribution in [2.75, 3.05) is 0 Å². The number of carbonyl (C=O) groups is 7. The molecule has 3 atom stereocenters. The fourth-order valence-electron chi connectivity index (χ4n) is 2.00. The van der Waals surface area contributed by atoms with Gasteiger partial charge in [-0.15, -0.1) is 0 Å². The fraction of sp³-hybridized carbons (Fsp3) is 0.533. The molecule has 164 valence electrons. The summed E-state index contributed by atoms with van der Waals surface area (Å²) >= 11 is 0. The molecular formula is C15H20O14. The third-order valence-electron chi connectivity index (χ3n) is 3.39. The lowest BCUT2D eigenvalue weighted by Gasteiger charge is -2.16. The largest absolute Gasteiger partial charge is 0.481 e. The molecule has 0 amide bonds. The first kappa shape index (κ1) is 27.5. The van der Waals surface area contributed by atoms with Crippen LogP contribution in [0.1, 0.15) is 32.1 Å². The van der Waals surface area contributed by atoms with E-state index in [0.717, 1.165) is 0 Å². The number of rotatable bonds is 13. The summed E-state index contributed by atoms with van der Waals surface area (Å²) < 4.78 is 0. The van der Waals surface area contributed by atoms with Gasteiger partial charge in [0.15, 0.2) is 0 Å². The van der Waals surface area contributed by atoms with Crippen molar-refractivity contribution in [3.63, 3.8) is 0 Å². The minimum Gasteiger partial charge on any atom is -0.481 e. The monoisotopic (exact) mass is 424 g/mol. The lowest BCUT2D eigenvalue weighted by Crippen LogP contribution is -2.33. The molecule has 0 aromatic heterocycles. The van der Waals surface area contributed by atoms with Crippen LogP contribution in [0.5, 0.6) is 0 Å². The van der Waals surface area contributed by atoms with Crippen molar-refractivity contribution in [1.82, 2.24) is 0 Å². The van der Waals surface area contributed by atoms with Crippen LogP contribution in [0.15, 0.2) is 0 Å². The summed E-state index contributed by atoms with van der Waals surface area (Å²) in [7, 11) is 0. The van der Waals surface area contributed by atoms with Gasteiger partial charge in [0.25, 0.3) is 0 Å². The first-order chi connectivity index (χ1) is 13.2. The summed E-state index contributed by atoms with van der Waals surface area (Å²) in [5.41, 5.74) is 0. The first-order valence-electron chi connectivity index (χ1n) is 7.74. The van der Waals surface area contributed by atoms with Crippen LogP contribution in [0.25, 0.3) is 0 Å². The molecule has 0 saturated carbocycles. The molecule has 0 fully saturated rings. The van der Waals surface area contributed by atoms with Gasteiger partial charge in [-0.2, -0.15) is 0 Å². The van der Waals surface area contributed by atoms with Gasteiger partial charge < -0.3 is 35.7 Å². The summed E-state index contributed by atoms with van der Waals surface area (Å²) in [6.07, 6.45) is -2.89. The van der Waals surface area contributed by atoms with E-state index in [4.69, 9.17) is 35.7 Å².